The lowest BCUT2D eigenvalue weighted by atomic mass is 10.2. The zero-order chi connectivity index (χ0) is 16.8. The monoisotopic (exact) mass is 294 g/mol. The summed E-state index contributed by atoms with van der Waals surface area (Å²) in [6.45, 7) is 11.8. The number of carbonyl (C=O) groups excluding carboxylic acids is 2. The minimum atomic E-state index is -0.211. The zero-order valence-corrected chi connectivity index (χ0v) is 14.3. The van der Waals surface area contributed by atoms with E-state index in [-0.39, 0.29) is 11.9 Å². The maximum absolute atomic E-state index is 9.82. The lowest BCUT2D eigenvalue weighted by molar-refractivity contribution is -0.141. The molecule has 0 saturated carbocycles. The molecule has 0 amide bonds. The van der Waals surface area contributed by atoms with E-state index < -0.39 is 0 Å². The molecule has 0 rings (SSSR count). The van der Waals surface area contributed by atoms with Crippen LogP contribution in [0.15, 0.2) is 0 Å². The molecule has 124 valence electrons. The van der Waals surface area contributed by atoms with Gasteiger partial charge in [-0.3, -0.25) is 9.59 Å². The molecule has 0 radical (unpaired) electrons. The number of aliphatic hydroxyl groups is 1. The van der Waals surface area contributed by atoms with Crippen LogP contribution in [0.2, 0.25) is 0 Å². The molecule has 1 N–H and O–H groups in total. The van der Waals surface area contributed by atoms with Gasteiger partial charge in [0.2, 0.25) is 0 Å². The largest absolute Gasteiger partial charge is 0.466 e. The van der Waals surface area contributed by atoms with Crippen LogP contribution in [0, 0.1) is 0 Å². The average Bonchev–Trinajstić information content (AvgIpc) is 2.40. The quantitative estimate of drug-likeness (QED) is 0.622. The molecule has 20 heavy (non-hydrogen) atoms. The van der Waals surface area contributed by atoms with E-state index in [2.05, 4.69) is 23.3 Å². The van der Waals surface area contributed by atoms with Gasteiger partial charge in [-0.05, 0) is 13.8 Å². The van der Waals surface area contributed by atoms with E-state index in [1.807, 2.05) is 0 Å². The van der Waals surface area contributed by atoms with E-state index in [0.717, 1.165) is 7.11 Å². The Morgan fingerprint density at radius 2 is 1.00 bits per heavy atom. The molecule has 0 aromatic carbocycles. The first kappa shape index (κ1) is 27.3. The molecular weight excluding hydrogens is 260 g/mol. The lowest BCUT2D eigenvalue weighted by Crippen LogP contribution is -1.95. The van der Waals surface area contributed by atoms with Gasteiger partial charge in [-0.1, -0.05) is 39.5 Å². The van der Waals surface area contributed by atoms with E-state index in [1.165, 1.54) is 39.5 Å². The van der Waals surface area contributed by atoms with Crippen LogP contribution in [0.4, 0.5) is 0 Å². The summed E-state index contributed by atoms with van der Waals surface area (Å²) in [5, 5.41) is 7.00. The highest BCUT2D eigenvalue weighted by atomic mass is 16.5. The number of esters is 2. The summed E-state index contributed by atoms with van der Waals surface area (Å²) in [5.74, 6) is -0.421. The minimum absolute atomic E-state index is 0.211. The normalized spacial score (nSPS) is 7.60. The smallest absolute Gasteiger partial charge is 0.302 e. The molecule has 0 aliphatic rings. The number of aliphatic hydroxyl groups excluding tert-OH is 1. The second-order valence-corrected chi connectivity index (χ2v) is 3.56. The van der Waals surface area contributed by atoms with Crippen LogP contribution in [0.5, 0.6) is 0 Å². The minimum Gasteiger partial charge on any atom is -0.466 e. The Hall–Kier alpha value is -1.10. The average molecular weight is 294 g/mol. The number of ether oxygens (including phenoxy) is 2. The van der Waals surface area contributed by atoms with Crippen LogP contribution in [0.3, 0.4) is 0 Å². The standard InChI is InChI=1S/C6H14.2C4H8O2.CH4O/c1-3-5-6-4-2;2*1-3-6-4(2)5;1-2/h3-6H2,1-2H3;2*3H2,1-2H3;2H,1H3. The number of unbranched alkanes of at least 4 members (excludes halogenated alkanes) is 3. The zero-order valence-electron chi connectivity index (χ0n) is 14.3. The highest BCUT2D eigenvalue weighted by Crippen LogP contribution is 1.95. The Labute approximate surface area is 124 Å². The molecule has 5 nitrogen and oxygen atoms in total. The molecule has 0 saturated heterocycles. The van der Waals surface area contributed by atoms with Gasteiger partial charge in [0.15, 0.2) is 0 Å². The van der Waals surface area contributed by atoms with E-state index >= 15 is 0 Å². The maximum atomic E-state index is 9.82. The summed E-state index contributed by atoms with van der Waals surface area (Å²) in [5.41, 5.74) is 0. The molecule has 0 aromatic rings. The molecule has 0 aromatic heterocycles. The SMILES string of the molecule is CCCCCC.CCOC(C)=O.CCOC(C)=O.CO. The van der Waals surface area contributed by atoms with Crippen molar-refractivity contribution in [1.29, 1.82) is 0 Å². The third-order valence-electron chi connectivity index (χ3n) is 1.65. The highest BCUT2D eigenvalue weighted by molar-refractivity contribution is 5.66. The van der Waals surface area contributed by atoms with Gasteiger partial charge in [-0.2, -0.15) is 0 Å². The van der Waals surface area contributed by atoms with Crippen LogP contribution in [-0.4, -0.2) is 37.4 Å². The summed E-state index contributed by atoms with van der Waals surface area (Å²) >= 11 is 0. The fourth-order valence-electron chi connectivity index (χ4n) is 0.907. The first-order valence-electron chi connectivity index (χ1n) is 7.17. The van der Waals surface area contributed by atoms with Crippen LogP contribution in [-0.2, 0) is 19.1 Å². The lowest BCUT2D eigenvalue weighted by Gasteiger charge is -1.89. The van der Waals surface area contributed by atoms with Crippen LogP contribution >= 0.6 is 0 Å². The summed E-state index contributed by atoms with van der Waals surface area (Å²) in [4.78, 5) is 19.6. The number of rotatable bonds is 5. The van der Waals surface area contributed by atoms with Crippen LogP contribution in [0.1, 0.15) is 67.2 Å². The predicted octanol–water partition coefficient (Wildman–Crippen LogP) is 3.33. The molecule has 0 spiro atoms. The van der Waals surface area contributed by atoms with Gasteiger partial charge in [0.05, 0.1) is 13.2 Å². The van der Waals surface area contributed by atoms with Crippen molar-refractivity contribution in [3.05, 3.63) is 0 Å². The fraction of sp³-hybridized carbons (Fsp3) is 0.867. The van der Waals surface area contributed by atoms with Gasteiger partial charge < -0.3 is 14.6 Å². The van der Waals surface area contributed by atoms with Crippen molar-refractivity contribution in [2.45, 2.75) is 67.2 Å². The second kappa shape index (κ2) is 30.7. The first-order chi connectivity index (χ1) is 9.45. The molecule has 0 aliphatic carbocycles. The summed E-state index contributed by atoms with van der Waals surface area (Å²) < 4.78 is 8.81. The van der Waals surface area contributed by atoms with Gasteiger partial charge in [0.1, 0.15) is 0 Å². The maximum Gasteiger partial charge on any atom is 0.302 e. The van der Waals surface area contributed by atoms with Gasteiger partial charge in [0, 0.05) is 21.0 Å². The third kappa shape index (κ3) is 68.5. The molecule has 0 aliphatic heterocycles. The predicted molar refractivity (Wildman–Crippen MR) is 82.6 cm³/mol. The topological polar surface area (TPSA) is 72.8 Å². The Balaban J connectivity index is -0.0000000902. The van der Waals surface area contributed by atoms with Gasteiger partial charge >= 0.3 is 11.9 Å². The Morgan fingerprint density at radius 3 is 1.05 bits per heavy atom. The van der Waals surface area contributed by atoms with Crippen molar-refractivity contribution < 1.29 is 24.2 Å². The van der Waals surface area contributed by atoms with E-state index in [1.54, 1.807) is 13.8 Å². The van der Waals surface area contributed by atoms with Crippen molar-refractivity contribution in [3.8, 4) is 0 Å². The molecule has 0 bridgehead atoms. The van der Waals surface area contributed by atoms with Crippen molar-refractivity contribution >= 4 is 11.9 Å². The first-order valence-corrected chi connectivity index (χ1v) is 7.17. The van der Waals surface area contributed by atoms with Crippen LogP contribution in [0.25, 0.3) is 0 Å². The number of carbonyl (C=O) groups is 2. The molecule has 0 fully saturated rings. The molecule has 0 heterocycles. The van der Waals surface area contributed by atoms with E-state index in [4.69, 9.17) is 5.11 Å². The second-order valence-electron chi connectivity index (χ2n) is 3.56. The van der Waals surface area contributed by atoms with Crippen molar-refractivity contribution in [1.82, 2.24) is 0 Å². The Morgan fingerprint density at radius 1 is 0.750 bits per heavy atom. The molecule has 5 heteroatoms. The van der Waals surface area contributed by atoms with E-state index in [9.17, 15) is 9.59 Å². The Bertz CT molecular complexity index is 161. The molecule has 0 atom stereocenters. The van der Waals surface area contributed by atoms with Gasteiger partial charge in [-0.15, -0.1) is 0 Å². The summed E-state index contributed by atoms with van der Waals surface area (Å²) in [6.07, 6.45) is 5.54. The van der Waals surface area contributed by atoms with E-state index in [0.29, 0.717) is 13.2 Å². The van der Waals surface area contributed by atoms with Gasteiger partial charge in [0.25, 0.3) is 0 Å². The van der Waals surface area contributed by atoms with Gasteiger partial charge in [-0.25, -0.2) is 0 Å². The van der Waals surface area contributed by atoms with Crippen molar-refractivity contribution in [2.24, 2.45) is 0 Å². The number of hydrogen-bond acceptors (Lipinski definition) is 5. The van der Waals surface area contributed by atoms with Crippen molar-refractivity contribution in [2.75, 3.05) is 20.3 Å². The third-order valence-corrected chi connectivity index (χ3v) is 1.65. The molecular formula is C15H34O5. The Kier molecular flexibility index (Phi) is 41.9. The highest BCUT2D eigenvalue weighted by Gasteiger charge is 1.82. The van der Waals surface area contributed by atoms with Crippen molar-refractivity contribution in [3.63, 3.8) is 0 Å². The fourth-order valence-corrected chi connectivity index (χ4v) is 0.907. The summed E-state index contributed by atoms with van der Waals surface area (Å²) in [7, 11) is 1.00. The van der Waals surface area contributed by atoms with Crippen LogP contribution < -0.4 is 0 Å². The number of hydrogen-bond donors (Lipinski definition) is 1. The molecule has 0 unspecified atom stereocenters. The summed E-state index contributed by atoms with van der Waals surface area (Å²) in [6, 6.07) is 0.